The van der Waals surface area contributed by atoms with Crippen molar-refractivity contribution in [1.82, 2.24) is 9.88 Å². The van der Waals surface area contributed by atoms with Gasteiger partial charge in [0.1, 0.15) is 5.03 Å². The fourth-order valence-electron chi connectivity index (χ4n) is 2.67. The second-order valence-electron chi connectivity index (χ2n) is 5.52. The van der Waals surface area contributed by atoms with E-state index < -0.39 is 5.91 Å². The normalized spacial score (nSPS) is 14.8. The molecule has 23 heavy (non-hydrogen) atoms. The molecule has 0 bridgehead atoms. The second kappa shape index (κ2) is 5.97. The van der Waals surface area contributed by atoms with E-state index in [0.717, 1.165) is 16.0 Å². The summed E-state index contributed by atoms with van der Waals surface area (Å²) in [6.45, 7) is 3.99. The van der Waals surface area contributed by atoms with Crippen molar-refractivity contribution >= 4 is 29.0 Å². The van der Waals surface area contributed by atoms with Gasteiger partial charge in [-0.25, -0.2) is 0 Å². The first-order chi connectivity index (χ1) is 11.0. The standard InChI is InChI=1S/C18H15ClN2O2/c1-11-6-7-14(12(2)9-11)15-16(19)18(23)21(17(15)22)10-13-5-3-4-8-20-13/h3-9H,10H2,1-2H3. The number of rotatable bonds is 3. The number of imide groups is 1. The summed E-state index contributed by atoms with van der Waals surface area (Å²) in [5.41, 5.74) is 3.61. The molecule has 0 fully saturated rings. The van der Waals surface area contributed by atoms with Crippen molar-refractivity contribution in [1.29, 1.82) is 0 Å². The third-order valence-electron chi connectivity index (χ3n) is 3.81. The number of aromatic nitrogens is 1. The van der Waals surface area contributed by atoms with Crippen LogP contribution in [-0.2, 0) is 16.1 Å². The molecule has 5 heteroatoms. The van der Waals surface area contributed by atoms with Crippen LogP contribution in [0.4, 0.5) is 0 Å². The second-order valence-corrected chi connectivity index (χ2v) is 5.90. The lowest BCUT2D eigenvalue weighted by Gasteiger charge is -2.14. The van der Waals surface area contributed by atoms with E-state index in [0.29, 0.717) is 11.3 Å². The summed E-state index contributed by atoms with van der Waals surface area (Å²) in [4.78, 5) is 30.4. The molecule has 1 aromatic carbocycles. The number of carbonyl (C=O) groups excluding carboxylic acids is 2. The van der Waals surface area contributed by atoms with Crippen LogP contribution in [0.1, 0.15) is 22.4 Å². The van der Waals surface area contributed by atoms with Crippen LogP contribution in [-0.4, -0.2) is 21.7 Å². The summed E-state index contributed by atoms with van der Waals surface area (Å²) < 4.78 is 0. The van der Waals surface area contributed by atoms with Gasteiger partial charge in [0.25, 0.3) is 11.8 Å². The molecule has 0 N–H and O–H groups in total. The molecule has 2 aromatic rings. The summed E-state index contributed by atoms with van der Waals surface area (Å²) in [6.07, 6.45) is 1.63. The highest BCUT2D eigenvalue weighted by molar-refractivity contribution is 6.55. The van der Waals surface area contributed by atoms with Crippen LogP contribution in [0.15, 0.2) is 47.6 Å². The Bertz CT molecular complexity index is 828. The van der Waals surface area contributed by atoms with Crippen molar-refractivity contribution in [2.24, 2.45) is 0 Å². The van der Waals surface area contributed by atoms with Gasteiger partial charge in [-0.1, -0.05) is 41.4 Å². The molecule has 0 spiro atoms. The molecule has 0 saturated carbocycles. The zero-order chi connectivity index (χ0) is 16.6. The van der Waals surface area contributed by atoms with E-state index in [4.69, 9.17) is 11.6 Å². The van der Waals surface area contributed by atoms with Crippen LogP contribution in [0.3, 0.4) is 0 Å². The highest BCUT2D eigenvalue weighted by Gasteiger charge is 2.38. The third-order valence-corrected chi connectivity index (χ3v) is 4.16. The van der Waals surface area contributed by atoms with E-state index in [1.165, 1.54) is 0 Å². The molecular weight excluding hydrogens is 312 g/mol. The van der Waals surface area contributed by atoms with Gasteiger partial charge in [0, 0.05) is 6.20 Å². The number of amides is 2. The maximum atomic E-state index is 12.7. The van der Waals surface area contributed by atoms with Crippen molar-refractivity contribution in [2.75, 3.05) is 0 Å². The lowest BCUT2D eigenvalue weighted by Crippen LogP contribution is -2.31. The average molecular weight is 327 g/mol. The quantitative estimate of drug-likeness (QED) is 0.814. The smallest absolute Gasteiger partial charge is 0.268 e. The van der Waals surface area contributed by atoms with Gasteiger partial charge >= 0.3 is 0 Å². The fourth-order valence-corrected chi connectivity index (χ4v) is 2.96. The van der Waals surface area contributed by atoms with Gasteiger partial charge in [-0.3, -0.25) is 19.5 Å². The van der Waals surface area contributed by atoms with Gasteiger partial charge in [0.05, 0.1) is 17.8 Å². The molecule has 0 aliphatic carbocycles. The van der Waals surface area contributed by atoms with Crippen molar-refractivity contribution in [2.45, 2.75) is 20.4 Å². The van der Waals surface area contributed by atoms with E-state index >= 15 is 0 Å². The fraction of sp³-hybridized carbons (Fsp3) is 0.167. The molecule has 0 radical (unpaired) electrons. The minimum absolute atomic E-state index is 0.0297. The van der Waals surface area contributed by atoms with E-state index in [1.54, 1.807) is 18.3 Å². The zero-order valence-electron chi connectivity index (χ0n) is 12.8. The van der Waals surface area contributed by atoms with Gasteiger partial charge in [-0.2, -0.15) is 0 Å². The minimum atomic E-state index is -0.475. The Morgan fingerprint density at radius 1 is 1.09 bits per heavy atom. The van der Waals surface area contributed by atoms with Gasteiger partial charge in [-0.05, 0) is 37.1 Å². The monoisotopic (exact) mass is 326 g/mol. The summed E-state index contributed by atoms with van der Waals surface area (Å²) in [6, 6.07) is 11.1. The number of carbonyl (C=O) groups is 2. The first-order valence-corrected chi connectivity index (χ1v) is 7.60. The van der Waals surface area contributed by atoms with Crippen molar-refractivity contribution in [3.8, 4) is 0 Å². The maximum absolute atomic E-state index is 12.7. The lowest BCUT2D eigenvalue weighted by atomic mass is 9.99. The van der Waals surface area contributed by atoms with E-state index in [1.807, 2.05) is 38.1 Å². The summed E-state index contributed by atoms with van der Waals surface area (Å²) in [7, 11) is 0. The van der Waals surface area contributed by atoms with Crippen LogP contribution in [0.5, 0.6) is 0 Å². The van der Waals surface area contributed by atoms with E-state index in [2.05, 4.69) is 4.98 Å². The number of halogens is 1. The Morgan fingerprint density at radius 3 is 2.52 bits per heavy atom. The molecule has 0 atom stereocenters. The van der Waals surface area contributed by atoms with E-state index in [9.17, 15) is 9.59 Å². The molecule has 2 heterocycles. The van der Waals surface area contributed by atoms with Crippen LogP contribution >= 0.6 is 11.6 Å². The van der Waals surface area contributed by atoms with Gasteiger partial charge in [0.2, 0.25) is 0 Å². The summed E-state index contributed by atoms with van der Waals surface area (Å²) >= 11 is 6.18. The van der Waals surface area contributed by atoms with Gasteiger partial charge in [0.15, 0.2) is 0 Å². The molecule has 1 aliphatic heterocycles. The van der Waals surface area contributed by atoms with Crippen molar-refractivity contribution < 1.29 is 9.59 Å². The minimum Gasteiger partial charge on any atom is -0.268 e. The van der Waals surface area contributed by atoms with Crippen molar-refractivity contribution in [3.63, 3.8) is 0 Å². The van der Waals surface area contributed by atoms with Crippen LogP contribution in [0.25, 0.3) is 5.57 Å². The first kappa shape index (κ1) is 15.4. The topological polar surface area (TPSA) is 50.3 Å². The molecule has 0 unspecified atom stereocenters. The Kier molecular flexibility index (Phi) is 4.01. The predicted molar refractivity (Wildman–Crippen MR) is 88.5 cm³/mol. The summed E-state index contributed by atoms with van der Waals surface area (Å²) in [5, 5.41) is -0.0297. The molecular formula is C18H15ClN2O2. The average Bonchev–Trinajstić information content (AvgIpc) is 2.73. The number of nitrogens with zero attached hydrogens (tertiary/aromatic N) is 2. The number of hydrogen-bond acceptors (Lipinski definition) is 3. The molecule has 3 rings (SSSR count). The van der Waals surface area contributed by atoms with Crippen LogP contribution in [0, 0.1) is 13.8 Å². The Labute approximate surface area is 139 Å². The SMILES string of the molecule is Cc1ccc(C2=C(Cl)C(=O)N(Cc3ccccn3)C2=O)c(C)c1. The molecule has 4 nitrogen and oxygen atoms in total. The highest BCUT2D eigenvalue weighted by atomic mass is 35.5. The Balaban J connectivity index is 1.96. The molecule has 1 aromatic heterocycles. The van der Waals surface area contributed by atoms with Crippen LogP contribution < -0.4 is 0 Å². The molecule has 1 aliphatic rings. The maximum Gasteiger partial charge on any atom is 0.273 e. The molecule has 2 amide bonds. The van der Waals surface area contributed by atoms with E-state index in [-0.39, 0.29) is 23.1 Å². The van der Waals surface area contributed by atoms with Crippen molar-refractivity contribution in [3.05, 3.63) is 70.0 Å². The Hall–Kier alpha value is -2.46. The largest absolute Gasteiger partial charge is 0.273 e. The number of aryl methyl sites for hydroxylation is 2. The first-order valence-electron chi connectivity index (χ1n) is 7.22. The molecule has 0 saturated heterocycles. The summed E-state index contributed by atoms with van der Waals surface area (Å²) in [5.74, 6) is -0.852. The number of pyridine rings is 1. The number of benzene rings is 1. The Morgan fingerprint density at radius 2 is 1.87 bits per heavy atom. The molecule has 116 valence electrons. The van der Waals surface area contributed by atoms with Gasteiger partial charge in [-0.15, -0.1) is 0 Å². The van der Waals surface area contributed by atoms with Gasteiger partial charge < -0.3 is 0 Å². The predicted octanol–water partition coefficient (Wildman–Crippen LogP) is 3.22. The van der Waals surface area contributed by atoms with Crippen LogP contribution in [0.2, 0.25) is 0 Å². The lowest BCUT2D eigenvalue weighted by molar-refractivity contribution is -0.137. The number of hydrogen-bond donors (Lipinski definition) is 0. The zero-order valence-corrected chi connectivity index (χ0v) is 13.6. The highest BCUT2D eigenvalue weighted by Crippen LogP contribution is 2.34. The third kappa shape index (κ3) is 2.78.